The predicted molar refractivity (Wildman–Crippen MR) is 63.8 cm³/mol. The zero-order valence-corrected chi connectivity index (χ0v) is 9.71. The summed E-state index contributed by atoms with van der Waals surface area (Å²) < 4.78 is 12.9. The molecular formula is C10H9FN4OS. The highest BCUT2D eigenvalue weighted by Gasteiger charge is 2.12. The molecule has 0 saturated heterocycles. The normalized spacial score (nSPS) is 10.0. The van der Waals surface area contributed by atoms with Gasteiger partial charge in [-0.15, -0.1) is 10.2 Å². The second-order valence-electron chi connectivity index (χ2n) is 3.13. The van der Waals surface area contributed by atoms with Crippen molar-refractivity contribution < 1.29 is 9.18 Å². The highest BCUT2D eigenvalue weighted by atomic mass is 32.1. The molecule has 7 heteroatoms. The SMILES string of the molecule is CNc1nnc(C(=O)Nc2cccc(F)c2)s1. The summed E-state index contributed by atoms with van der Waals surface area (Å²) in [5, 5.41) is 13.5. The molecule has 88 valence electrons. The molecule has 1 heterocycles. The molecule has 0 spiro atoms. The molecule has 1 aromatic carbocycles. The molecule has 0 radical (unpaired) electrons. The van der Waals surface area contributed by atoms with E-state index in [2.05, 4.69) is 20.8 Å². The predicted octanol–water partition coefficient (Wildman–Crippen LogP) is 1.97. The number of hydrogen-bond donors (Lipinski definition) is 2. The van der Waals surface area contributed by atoms with Crippen LogP contribution in [0.4, 0.5) is 15.2 Å². The zero-order valence-electron chi connectivity index (χ0n) is 8.90. The molecule has 0 atom stereocenters. The third kappa shape index (κ3) is 2.76. The van der Waals surface area contributed by atoms with E-state index in [1.807, 2.05) is 0 Å². The molecule has 0 aliphatic carbocycles. The van der Waals surface area contributed by atoms with Crippen LogP contribution in [0, 0.1) is 5.82 Å². The first-order chi connectivity index (χ1) is 8.19. The zero-order chi connectivity index (χ0) is 12.3. The van der Waals surface area contributed by atoms with Gasteiger partial charge in [0, 0.05) is 12.7 Å². The Balaban J connectivity index is 2.11. The standard InChI is InChI=1S/C10H9FN4OS/c1-12-10-15-14-9(17-10)8(16)13-7-4-2-3-6(11)5-7/h2-5H,1H3,(H,12,15)(H,13,16). The van der Waals surface area contributed by atoms with Crippen molar-refractivity contribution in [2.45, 2.75) is 0 Å². The lowest BCUT2D eigenvalue weighted by Crippen LogP contribution is -2.11. The molecule has 0 saturated carbocycles. The lowest BCUT2D eigenvalue weighted by Gasteiger charge is -2.01. The van der Waals surface area contributed by atoms with Crippen LogP contribution in [0.2, 0.25) is 0 Å². The van der Waals surface area contributed by atoms with Gasteiger partial charge in [-0.3, -0.25) is 4.79 Å². The van der Waals surface area contributed by atoms with Crippen LogP contribution in [-0.2, 0) is 0 Å². The molecule has 0 aliphatic heterocycles. The summed E-state index contributed by atoms with van der Waals surface area (Å²) in [6.45, 7) is 0. The molecule has 0 unspecified atom stereocenters. The monoisotopic (exact) mass is 252 g/mol. The second-order valence-corrected chi connectivity index (χ2v) is 4.10. The van der Waals surface area contributed by atoms with Crippen LogP contribution >= 0.6 is 11.3 Å². The Morgan fingerprint density at radius 3 is 2.88 bits per heavy atom. The third-order valence-electron chi connectivity index (χ3n) is 1.92. The highest BCUT2D eigenvalue weighted by molar-refractivity contribution is 7.17. The van der Waals surface area contributed by atoms with E-state index in [-0.39, 0.29) is 5.01 Å². The number of carbonyl (C=O) groups is 1. The van der Waals surface area contributed by atoms with Gasteiger partial charge in [0.1, 0.15) is 5.82 Å². The van der Waals surface area contributed by atoms with Crippen molar-refractivity contribution in [3.05, 3.63) is 35.1 Å². The average molecular weight is 252 g/mol. The topological polar surface area (TPSA) is 66.9 Å². The maximum Gasteiger partial charge on any atom is 0.286 e. The number of benzene rings is 1. The van der Waals surface area contributed by atoms with E-state index in [4.69, 9.17) is 0 Å². The van der Waals surface area contributed by atoms with Crippen LogP contribution in [0.25, 0.3) is 0 Å². The number of amides is 1. The highest BCUT2D eigenvalue weighted by Crippen LogP contribution is 2.16. The first-order valence-corrected chi connectivity index (χ1v) is 5.59. The average Bonchev–Trinajstić information content (AvgIpc) is 2.77. The number of nitrogens with zero attached hydrogens (tertiary/aromatic N) is 2. The number of hydrogen-bond acceptors (Lipinski definition) is 5. The Labute approximate surface area is 101 Å². The fourth-order valence-corrected chi connectivity index (χ4v) is 1.76. The van der Waals surface area contributed by atoms with Crippen molar-refractivity contribution in [1.29, 1.82) is 0 Å². The van der Waals surface area contributed by atoms with E-state index in [1.165, 1.54) is 18.2 Å². The largest absolute Gasteiger partial charge is 0.363 e. The van der Waals surface area contributed by atoms with Gasteiger partial charge in [0.25, 0.3) is 5.91 Å². The van der Waals surface area contributed by atoms with Crippen LogP contribution in [0.15, 0.2) is 24.3 Å². The summed E-state index contributed by atoms with van der Waals surface area (Å²) >= 11 is 1.13. The summed E-state index contributed by atoms with van der Waals surface area (Å²) in [5.41, 5.74) is 0.385. The van der Waals surface area contributed by atoms with Crippen LogP contribution in [0.3, 0.4) is 0 Å². The smallest absolute Gasteiger partial charge is 0.286 e. The van der Waals surface area contributed by atoms with Crippen molar-refractivity contribution in [1.82, 2.24) is 10.2 Å². The maximum absolute atomic E-state index is 12.9. The first kappa shape index (κ1) is 11.5. The van der Waals surface area contributed by atoms with E-state index < -0.39 is 11.7 Å². The minimum atomic E-state index is -0.408. The molecule has 17 heavy (non-hydrogen) atoms. The van der Waals surface area contributed by atoms with Crippen molar-refractivity contribution in [2.75, 3.05) is 17.7 Å². The molecule has 1 amide bonds. The lowest BCUT2D eigenvalue weighted by molar-refractivity contribution is 0.102. The Bertz CT molecular complexity index is 543. The molecule has 2 aromatic rings. The van der Waals surface area contributed by atoms with Crippen molar-refractivity contribution >= 4 is 28.1 Å². The minimum absolute atomic E-state index is 0.221. The molecule has 1 aromatic heterocycles. The van der Waals surface area contributed by atoms with Gasteiger partial charge in [-0.25, -0.2) is 4.39 Å². The Morgan fingerprint density at radius 1 is 1.41 bits per heavy atom. The molecule has 2 N–H and O–H groups in total. The maximum atomic E-state index is 12.9. The Kier molecular flexibility index (Phi) is 3.29. The molecule has 2 rings (SSSR count). The minimum Gasteiger partial charge on any atom is -0.363 e. The summed E-state index contributed by atoms with van der Waals surface area (Å²) in [6.07, 6.45) is 0. The van der Waals surface area contributed by atoms with Crippen molar-refractivity contribution in [2.24, 2.45) is 0 Å². The van der Waals surface area contributed by atoms with Crippen LogP contribution in [-0.4, -0.2) is 23.2 Å². The summed E-state index contributed by atoms with van der Waals surface area (Å²) in [6, 6.07) is 5.66. The van der Waals surface area contributed by atoms with Gasteiger partial charge in [-0.05, 0) is 18.2 Å². The Hall–Kier alpha value is -2.02. The molecular weight excluding hydrogens is 243 g/mol. The number of nitrogens with one attached hydrogen (secondary N) is 2. The first-order valence-electron chi connectivity index (χ1n) is 4.77. The lowest BCUT2D eigenvalue weighted by atomic mass is 10.3. The molecule has 0 aliphatic rings. The fourth-order valence-electron chi connectivity index (χ4n) is 1.17. The molecule has 5 nitrogen and oxygen atoms in total. The number of aromatic nitrogens is 2. The van der Waals surface area contributed by atoms with Crippen molar-refractivity contribution in [3.63, 3.8) is 0 Å². The third-order valence-corrected chi connectivity index (χ3v) is 2.86. The van der Waals surface area contributed by atoms with E-state index in [0.29, 0.717) is 10.8 Å². The molecule has 0 bridgehead atoms. The van der Waals surface area contributed by atoms with Crippen LogP contribution < -0.4 is 10.6 Å². The van der Waals surface area contributed by atoms with E-state index in [0.717, 1.165) is 11.3 Å². The summed E-state index contributed by atoms with van der Waals surface area (Å²) in [7, 11) is 1.69. The van der Waals surface area contributed by atoms with E-state index in [1.54, 1.807) is 13.1 Å². The Morgan fingerprint density at radius 2 is 2.24 bits per heavy atom. The van der Waals surface area contributed by atoms with Gasteiger partial charge in [0.2, 0.25) is 10.1 Å². The van der Waals surface area contributed by atoms with Gasteiger partial charge < -0.3 is 10.6 Å². The second kappa shape index (κ2) is 4.88. The van der Waals surface area contributed by atoms with Gasteiger partial charge in [-0.2, -0.15) is 0 Å². The van der Waals surface area contributed by atoms with Crippen LogP contribution in [0.5, 0.6) is 0 Å². The van der Waals surface area contributed by atoms with Crippen LogP contribution in [0.1, 0.15) is 9.80 Å². The van der Waals surface area contributed by atoms with Gasteiger partial charge in [-0.1, -0.05) is 17.4 Å². The van der Waals surface area contributed by atoms with E-state index >= 15 is 0 Å². The summed E-state index contributed by atoms with van der Waals surface area (Å²) in [4.78, 5) is 11.7. The number of carbonyl (C=O) groups excluding carboxylic acids is 1. The van der Waals surface area contributed by atoms with E-state index in [9.17, 15) is 9.18 Å². The summed E-state index contributed by atoms with van der Waals surface area (Å²) in [5.74, 6) is -0.814. The van der Waals surface area contributed by atoms with Crippen molar-refractivity contribution in [3.8, 4) is 0 Å². The van der Waals surface area contributed by atoms with Gasteiger partial charge in [0.05, 0.1) is 0 Å². The quantitative estimate of drug-likeness (QED) is 0.876. The molecule has 0 fully saturated rings. The number of halogens is 1. The number of rotatable bonds is 3. The number of anilines is 2. The van der Waals surface area contributed by atoms with Gasteiger partial charge >= 0.3 is 0 Å². The van der Waals surface area contributed by atoms with Gasteiger partial charge in [0.15, 0.2) is 0 Å². The fraction of sp³-hybridized carbons (Fsp3) is 0.100.